The number of alkyl halides is 1. The molecule has 92 valence electrons. The van der Waals surface area contributed by atoms with Crippen molar-refractivity contribution in [1.82, 2.24) is 0 Å². The molecule has 2 nitrogen and oxygen atoms in total. The fourth-order valence-corrected chi connectivity index (χ4v) is 1.54. The Bertz CT molecular complexity index is 249. The van der Waals surface area contributed by atoms with E-state index in [0.29, 0.717) is 0 Å². The van der Waals surface area contributed by atoms with E-state index in [1.54, 1.807) is 6.08 Å². The number of allylic oxidation sites excluding steroid dienone is 3. The Labute approximate surface area is 112 Å². The number of hydrogen-bond acceptors (Lipinski definition) is 2. The van der Waals surface area contributed by atoms with Gasteiger partial charge in [0.1, 0.15) is 5.60 Å². The standard InChI is InChI=1S/C13H21IO2/c1-13(2,3)16-12(15)10-8-6-4-5-7-9-11-14/h4,6,8,10H,5,7,9,11H2,1-3H3/b6-4+,10-8+. The molecule has 0 aromatic heterocycles. The second kappa shape index (κ2) is 8.79. The highest BCUT2D eigenvalue weighted by Gasteiger charge is 2.13. The monoisotopic (exact) mass is 336 g/mol. The van der Waals surface area contributed by atoms with Crippen molar-refractivity contribution < 1.29 is 9.53 Å². The number of carbonyl (C=O) groups excluding carboxylic acids is 1. The molecule has 0 aliphatic rings. The van der Waals surface area contributed by atoms with Crippen LogP contribution >= 0.6 is 22.6 Å². The Hall–Kier alpha value is -0.320. The summed E-state index contributed by atoms with van der Waals surface area (Å²) < 4.78 is 6.33. The first-order valence-electron chi connectivity index (χ1n) is 5.58. The van der Waals surface area contributed by atoms with Crippen LogP contribution < -0.4 is 0 Å². The molecule has 0 spiro atoms. The molecule has 0 aliphatic carbocycles. The Kier molecular flexibility index (Phi) is 8.61. The van der Waals surface area contributed by atoms with E-state index in [2.05, 4.69) is 28.7 Å². The smallest absolute Gasteiger partial charge is 0.331 e. The predicted molar refractivity (Wildman–Crippen MR) is 76.9 cm³/mol. The van der Waals surface area contributed by atoms with E-state index in [0.717, 1.165) is 6.42 Å². The third-order valence-corrected chi connectivity index (χ3v) is 2.40. The summed E-state index contributed by atoms with van der Waals surface area (Å²) in [4.78, 5) is 11.2. The van der Waals surface area contributed by atoms with Crippen molar-refractivity contribution >= 4 is 28.6 Å². The fourth-order valence-electron chi connectivity index (χ4n) is 1.00. The van der Waals surface area contributed by atoms with Crippen molar-refractivity contribution in [3.05, 3.63) is 24.3 Å². The van der Waals surface area contributed by atoms with Gasteiger partial charge >= 0.3 is 5.97 Å². The van der Waals surface area contributed by atoms with Gasteiger partial charge in [0.2, 0.25) is 0 Å². The molecular weight excluding hydrogens is 315 g/mol. The Morgan fingerprint density at radius 2 is 1.94 bits per heavy atom. The van der Waals surface area contributed by atoms with Gasteiger partial charge in [-0.15, -0.1) is 0 Å². The highest BCUT2D eigenvalue weighted by atomic mass is 127. The SMILES string of the molecule is CC(C)(C)OC(=O)/C=C/C=C/CCCCI. The molecule has 0 rings (SSSR count). The van der Waals surface area contributed by atoms with Crippen LogP contribution in [0.25, 0.3) is 0 Å². The van der Waals surface area contributed by atoms with Gasteiger partial charge < -0.3 is 4.74 Å². The van der Waals surface area contributed by atoms with Crippen molar-refractivity contribution in [1.29, 1.82) is 0 Å². The van der Waals surface area contributed by atoms with Crippen LogP contribution in [-0.4, -0.2) is 16.0 Å². The molecule has 16 heavy (non-hydrogen) atoms. The molecule has 0 bridgehead atoms. The third kappa shape index (κ3) is 11.8. The normalized spacial score (nSPS) is 12.5. The molecule has 0 saturated heterocycles. The van der Waals surface area contributed by atoms with Crippen LogP contribution in [0.3, 0.4) is 0 Å². The minimum atomic E-state index is -0.411. The average Bonchev–Trinajstić information content (AvgIpc) is 2.13. The van der Waals surface area contributed by atoms with Crippen LogP contribution in [0, 0.1) is 0 Å². The van der Waals surface area contributed by atoms with E-state index < -0.39 is 5.60 Å². The number of halogens is 1. The zero-order chi connectivity index (χ0) is 12.4. The van der Waals surface area contributed by atoms with Gasteiger partial charge in [0.15, 0.2) is 0 Å². The largest absolute Gasteiger partial charge is 0.457 e. The maximum atomic E-state index is 11.2. The predicted octanol–water partition coefficient (Wildman–Crippen LogP) is 4.05. The van der Waals surface area contributed by atoms with Gasteiger partial charge in [0.25, 0.3) is 0 Å². The first-order chi connectivity index (χ1) is 7.45. The molecule has 0 amide bonds. The van der Waals surface area contributed by atoms with E-state index in [-0.39, 0.29) is 5.97 Å². The van der Waals surface area contributed by atoms with Crippen molar-refractivity contribution in [3.8, 4) is 0 Å². The lowest BCUT2D eigenvalue weighted by Crippen LogP contribution is -2.22. The lowest BCUT2D eigenvalue weighted by atomic mass is 10.2. The van der Waals surface area contributed by atoms with Crippen molar-refractivity contribution in [2.75, 3.05) is 4.43 Å². The minimum absolute atomic E-state index is 0.288. The first-order valence-corrected chi connectivity index (χ1v) is 7.10. The summed E-state index contributed by atoms with van der Waals surface area (Å²) in [6.07, 6.45) is 10.7. The number of esters is 1. The van der Waals surface area contributed by atoms with Gasteiger partial charge in [-0.3, -0.25) is 0 Å². The van der Waals surface area contributed by atoms with Crippen LogP contribution in [0.2, 0.25) is 0 Å². The summed E-state index contributed by atoms with van der Waals surface area (Å²) >= 11 is 2.38. The van der Waals surface area contributed by atoms with Gasteiger partial charge in [0, 0.05) is 6.08 Å². The van der Waals surface area contributed by atoms with Gasteiger partial charge in [-0.05, 0) is 44.5 Å². The van der Waals surface area contributed by atoms with Crippen LogP contribution in [0.5, 0.6) is 0 Å². The first kappa shape index (κ1) is 15.7. The van der Waals surface area contributed by atoms with Crippen molar-refractivity contribution in [2.24, 2.45) is 0 Å². The number of hydrogen-bond donors (Lipinski definition) is 0. The molecule has 0 aromatic rings. The van der Waals surface area contributed by atoms with E-state index in [4.69, 9.17) is 4.74 Å². The number of carbonyl (C=O) groups is 1. The fraction of sp³-hybridized carbons (Fsp3) is 0.615. The van der Waals surface area contributed by atoms with E-state index in [9.17, 15) is 4.79 Å². The molecular formula is C13H21IO2. The van der Waals surface area contributed by atoms with E-state index in [1.807, 2.05) is 26.8 Å². The van der Waals surface area contributed by atoms with Gasteiger partial charge in [-0.2, -0.15) is 0 Å². The third-order valence-electron chi connectivity index (χ3n) is 1.64. The Morgan fingerprint density at radius 3 is 2.50 bits per heavy atom. The Morgan fingerprint density at radius 1 is 1.25 bits per heavy atom. The lowest BCUT2D eigenvalue weighted by Gasteiger charge is -2.17. The topological polar surface area (TPSA) is 26.3 Å². The molecule has 0 unspecified atom stereocenters. The van der Waals surface area contributed by atoms with Gasteiger partial charge in [0.05, 0.1) is 0 Å². The van der Waals surface area contributed by atoms with Crippen LogP contribution in [0.1, 0.15) is 40.0 Å². The quantitative estimate of drug-likeness (QED) is 0.183. The zero-order valence-electron chi connectivity index (χ0n) is 10.3. The van der Waals surface area contributed by atoms with Gasteiger partial charge in [-0.25, -0.2) is 4.79 Å². The molecule has 3 heteroatoms. The zero-order valence-corrected chi connectivity index (χ0v) is 12.5. The summed E-state index contributed by atoms with van der Waals surface area (Å²) in [5.74, 6) is -0.288. The van der Waals surface area contributed by atoms with E-state index >= 15 is 0 Å². The summed E-state index contributed by atoms with van der Waals surface area (Å²) in [7, 11) is 0. The molecule has 0 radical (unpaired) electrons. The molecule has 0 fully saturated rings. The maximum Gasteiger partial charge on any atom is 0.331 e. The second-order valence-corrected chi connectivity index (χ2v) is 5.58. The summed E-state index contributed by atoms with van der Waals surface area (Å²) in [5, 5.41) is 0. The molecule has 0 atom stereocenters. The van der Waals surface area contributed by atoms with Crippen LogP contribution in [-0.2, 0) is 9.53 Å². The summed E-state index contributed by atoms with van der Waals surface area (Å²) in [6, 6.07) is 0. The molecule has 0 heterocycles. The lowest BCUT2D eigenvalue weighted by molar-refractivity contribution is -0.148. The van der Waals surface area contributed by atoms with Crippen molar-refractivity contribution in [3.63, 3.8) is 0 Å². The number of unbranched alkanes of at least 4 members (excludes halogenated alkanes) is 2. The van der Waals surface area contributed by atoms with Gasteiger partial charge in [-0.1, -0.05) is 40.8 Å². The second-order valence-electron chi connectivity index (χ2n) is 4.51. The molecule has 0 N–H and O–H groups in total. The van der Waals surface area contributed by atoms with Crippen LogP contribution in [0.4, 0.5) is 0 Å². The number of ether oxygens (including phenoxy) is 1. The Balaban J connectivity index is 3.71. The van der Waals surface area contributed by atoms with E-state index in [1.165, 1.54) is 23.3 Å². The number of rotatable bonds is 6. The highest BCUT2D eigenvalue weighted by Crippen LogP contribution is 2.07. The van der Waals surface area contributed by atoms with Crippen molar-refractivity contribution in [2.45, 2.75) is 45.6 Å². The maximum absolute atomic E-state index is 11.2. The minimum Gasteiger partial charge on any atom is -0.457 e. The average molecular weight is 336 g/mol. The molecule has 0 aromatic carbocycles. The van der Waals surface area contributed by atoms with Crippen LogP contribution in [0.15, 0.2) is 24.3 Å². The highest BCUT2D eigenvalue weighted by molar-refractivity contribution is 14.1. The summed E-state index contributed by atoms with van der Waals surface area (Å²) in [6.45, 7) is 5.58. The summed E-state index contributed by atoms with van der Waals surface area (Å²) in [5.41, 5.74) is -0.411. The molecule has 0 saturated carbocycles. The molecule has 0 aliphatic heterocycles.